The zero-order valence-corrected chi connectivity index (χ0v) is 15.0. The van der Waals surface area contributed by atoms with E-state index in [1.54, 1.807) is 0 Å². The second kappa shape index (κ2) is 13.2. The van der Waals surface area contributed by atoms with Gasteiger partial charge in [-0.05, 0) is 25.7 Å². The molecule has 1 fully saturated rings. The molecule has 1 saturated carbocycles. The van der Waals surface area contributed by atoms with Crippen LogP contribution >= 0.6 is 0 Å². The summed E-state index contributed by atoms with van der Waals surface area (Å²) in [4.78, 5) is 23.3. The lowest BCUT2D eigenvalue weighted by Gasteiger charge is -2.21. The molecule has 1 aliphatic carbocycles. The third kappa shape index (κ3) is 9.88. The van der Waals surface area contributed by atoms with Crippen LogP contribution in [0.15, 0.2) is 0 Å². The number of nitrogens with one attached hydrogen (secondary N) is 2. The molecule has 0 aromatic carbocycles. The van der Waals surface area contributed by atoms with Gasteiger partial charge in [-0.3, -0.25) is 9.59 Å². The van der Waals surface area contributed by atoms with E-state index in [-0.39, 0.29) is 24.4 Å². The Bertz CT molecular complexity index is 351. The molecule has 0 aliphatic heterocycles. The van der Waals surface area contributed by atoms with Gasteiger partial charge in [-0.15, -0.1) is 0 Å². The molecule has 140 valence electrons. The number of carbonyl (C=O) groups excluding carboxylic acids is 2. The van der Waals surface area contributed by atoms with Crippen molar-refractivity contribution >= 4 is 11.8 Å². The van der Waals surface area contributed by atoms with E-state index in [9.17, 15) is 9.59 Å². The normalized spacial score (nSPS) is 19.1. The summed E-state index contributed by atoms with van der Waals surface area (Å²) in [5.74, 6) is -0.231. The molecule has 0 spiro atoms. The maximum absolute atomic E-state index is 12.3. The summed E-state index contributed by atoms with van der Waals surface area (Å²) >= 11 is 0. The van der Waals surface area contributed by atoms with Gasteiger partial charge in [-0.25, -0.2) is 0 Å². The van der Waals surface area contributed by atoms with Crippen molar-refractivity contribution in [3.8, 4) is 0 Å². The molecule has 6 nitrogen and oxygen atoms in total. The van der Waals surface area contributed by atoms with Crippen molar-refractivity contribution in [2.45, 2.75) is 89.1 Å². The van der Waals surface area contributed by atoms with Crippen molar-refractivity contribution in [2.75, 3.05) is 13.1 Å². The van der Waals surface area contributed by atoms with Crippen LogP contribution in [0, 0.1) is 0 Å². The average molecular weight is 341 g/mol. The van der Waals surface area contributed by atoms with Crippen LogP contribution < -0.4 is 22.1 Å². The van der Waals surface area contributed by atoms with E-state index in [0.29, 0.717) is 19.4 Å². The molecular weight excluding hydrogens is 304 g/mol. The Morgan fingerprint density at radius 1 is 0.958 bits per heavy atom. The molecular formula is C18H36N4O2. The van der Waals surface area contributed by atoms with E-state index in [1.807, 2.05) is 0 Å². The predicted octanol–water partition coefficient (Wildman–Crippen LogP) is 1.57. The number of rotatable bonds is 7. The highest BCUT2D eigenvalue weighted by Crippen LogP contribution is 2.17. The molecule has 0 aromatic heterocycles. The Morgan fingerprint density at radius 3 is 2.04 bits per heavy atom. The van der Waals surface area contributed by atoms with Crippen LogP contribution in [0.3, 0.4) is 0 Å². The van der Waals surface area contributed by atoms with Crippen LogP contribution in [0.2, 0.25) is 0 Å². The zero-order chi connectivity index (χ0) is 17.6. The fraction of sp³-hybridized carbons (Fsp3) is 0.889. The minimum atomic E-state index is -0.502. The monoisotopic (exact) mass is 340 g/mol. The maximum atomic E-state index is 12.3. The number of nitrogens with two attached hydrogens (primary N) is 2. The molecule has 0 bridgehead atoms. The van der Waals surface area contributed by atoms with Crippen LogP contribution in [-0.2, 0) is 9.59 Å². The van der Waals surface area contributed by atoms with Crippen LogP contribution in [0.1, 0.15) is 77.0 Å². The molecule has 24 heavy (non-hydrogen) atoms. The van der Waals surface area contributed by atoms with Gasteiger partial charge in [0.25, 0.3) is 0 Å². The summed E-state index contributed by atoms with van der Waals surface area (Å²) in [6.07, 6.45) is 13.6. The van der Waals surface area contributed by atoms with Gasteiger partial charge in [0.05, 0.1) is 12.6 Å². The van der Waals surface area contributed by atoms with Gasteiger partial charge >= 0.3 is 0 Å². The predicted molar refractivity (Wildman–Crippen MR) is 97.4 cm³/mol. The standard InChI is InChI=1S/C18H36N4O2/c19-14-17(23)21-13-9-12-16(20)18(24)22-15-10-7-5-3-1-2-4-6-8-11-15/h15-16H,1-14,19-20H2,(H,21,23)(H,22,24). The molecule has 6 N–H and O–H groups in total. The third-order valence-electron chi connectivity index (χ3n) is 4.74. The molecule has 0 aromatic rings. The lowest BCUT2D eigenvalue weighted by atomic mass is 10.0. The molecule has 2 amide bonds. The number of hydrogen-bond acceptors (Lipinski definition) is 4. The minimum Gasteiger partial charge on any atom is -0.355 e. The summed E-state index contributed by atoms with van der Waals surface area (Å²) in [6.45, 7) is 0.509. The van der Waals surface area contributed by atoms with Crippen LogP contribution in [0.25, 0.3) is 0 Å². The van der Waals surface area contributed by atoms with Crippen molar-refractivity contribution in [2.24, 2.45) is 11.5 Å². The van der Waals surface area contributed by atoms with Crippen molar-refractivity contribution in [3.05, 3.63) is 0 Å². The van der Waals surface area contributed by atoms with Crippen molar-refractivity contribution in [1.82, 2.24) is 10.6 Å². The van der Waals surface area contributed by atoms with E-state index in [2.05, 4.69) is 10.6 Å². The summed E-state index contributed by atoms with van der Waals surface area (Å²) in [5, 5.41) is 5.84. The van der Waals surface area contributed by atoms with Crippen molar-refractivity contribution < 1.29 is 9.59 Å². The molecule has 1 unspecified atom stereocenters. The molecule has 1 atom stereocenters. The highest BCUT2D eigenvalue weighted by Gasteiger charge is 2.18. The number of hydrogen-bond donors (Lipinski definition) is 4. The van der Waals surface area contributed by atoms with Gasteiger partial charge < -0.3 is 22.1 Å². The average Bonchev–Trinajstić information content (AvgIpc) is 2.64. The first-order valence-corrected chi connectivity index (χ1v) is 9.66. The van der Waals surface area contributed by atoms with Crippen molar-refractivity contribution in [3.63, 3.8) is 0 Å². The van der Waals surface area contributed by atoms with Gasteiger partial charge in [-0.2, -0.15) is 0 Å². The lowest BCUT2D eigenvalue weighted by Crippen LogP contribution is -2.45. The Kier molecular flexibility index (Phi) is 11.5. The Balaban J connectivity index is 2.27. The minimum absolute atomic E-state index is 0.00573. The molecule has 6 heteroatoms. The summed E-state index contributed by atoms with van der Waals surface area (Å²) in [7, 11) is 0. The van der Waals surface area contributed by atoms with Gasteiger partial charge in [0.2, 0.25) is 11.8 Å². The Hall–Kier alpha value is -1.14. The topological polar surface area (TPSA) is 110 Å². The molecule has 1 aliphatic rings. The van der Waals surface area contributed by atoms with Crippen LogP contribution in [0.4, 0.5) is 0 Å². The van der Waals surface area contributed by atoms with Crippen molar-refractivity contribution in [1.29, 1.82) is 0 Å². The van der Waals surface area contributed by atoms with Crippen LogP contribution in [0.5, 0.6) is 0 Å². The first-order valence-electron chi connectivity index (χ1n) is 9.66. The smallest absolute Gasteiger partial charge is 0.237 e. The Labute approximate surface area is 146 Å². The van der Waals surface area contributed by atoms with Gasteiger partial charge in [0.15, 0.2) is 0 Å². The number of carbonyl (C=O) groups is 2. The van der Waals surface area contributed by atoms with Gasteiger partial charge in [-0.1, -0.05) is 51.4 Å². The molecule has 0 saturated heterocycles. The molecule has 1 rings (SSSR count). The quantitative estimate of drug-likeness (QED) is 0.527. The largest absolute Gasteiger partial charge is 0.355 e. The first kappa shape index (κ1) is 20.9. The fourth-order valence-electron chi connectivity index (χ4n) is 3.19. The van der Waals surface area contributed by atoms with E-state index in [1.165, 1.54) is 51.4 Å². The third-order valence-corrected chi connectivity index (χ3v) is 4.74. The van der Waals surface area contributed by atoms with Gasteiger partial charge in [0, 0.05) is 12.6 Å². The van der Waals surface area contributed by atoms with E-state index >= 15 is 0 Å². The lowest BCUT2D eigenvalue weighted by molar-refractivity contribution is -0.123. The number of amides is 2. The van der Waals surface area contributed by atoms with E-state index in [4.69, 9.17) is 11.5 Å². The molecule has 0 heterocycles. The second-order valence-electron chi connectivity index (χ2n) is 6.91. The molecule has 0 radical (unpaired) electrons. The SMILES string of the molecule is NCC(=O)NCCCC(N)C(=O)NC1CCCCCCCCCC1. The zero-order valence-electron chi connectivity index (χ0n) is 15.0. The Morgan fingerprint density at radius 2 is 1.50 bits per heavy atom. The summed E-state index contributed by atoms with van der Waals surface area (Å²) in [5.41, 5.74) is 11.2. The maximum Gasteiger partial charge on any atom is 0.237 e. The summed E-state index contributed by atoms with van der Waals surface area (Å²) < 4.78 is 0. The fourth-order valence-corrected chi connectivity index (χ4v) is 3.19. The second-order valence-corrected chi connectivity index (χ2v) is 6.91. The summed E-state index contributed by atoms with van der Waals surface area (Å²) in [6, 6.07) is -0.239. The highest BCUT2D eigenvalue weighted by molar-refractivity contribution is 5.81. The first-order chi connectivity index (χ1) is 11.6. The van der Waals surface area contributed by atoms with E-state index in [0.717, 1.165) is 12.8 Å². The van der Waals surface area contributed by atoms with E-state index < -0.39 is 6.04 Å². The highest BCUT2D eigenvalue weighted by atomic mass is 16.2. The van der Waals surface area contributed by atoms with Crippen LogP contribution in [-0.4, -0.2) is 37.0 Å². The van der Waals surface area contributed by atoms with Gasteiger partial charge in [0.1, 0.15) is 0 Å².